The Bertz CT molecular complexity index is 1180. The summed E-state index contributed by atoms with van der Waals surface area (Å²) in [5, 5.41) is 2.09. The highest BCUT2D eigenvalue weighted by Crippen LogP contribution is 2.50. The predicted molar refractivity (Wildman–Crippen MR) is 140 cm³/mol. The Balaban J connectivity index is 1.69. The average molecular weight is 514 g/mol. The van der Waals surface area contributed by atoms with E-state index < -0.39 is 29.2 Å². The van der Waals surface area contributed by atoms with Gasteiger partial charge in [0.25, 0.3) is 0 Å². The number of unbranched alkanes of at least 4 members (excludes halogenated alkanes) is 2. The topological polar surface area (TPSA) is 12.4 Å². The molecule has 2 unspecified atom stereocenters. The Hall–Kier alpha value is -2.56. The van der Waals surface area contributed by atoms with Crippen LogP contribution in [0.25, 0.3) is 11.1 Å². The fraction of sp³-hybridized carbons (Fsp3) is 0.433. The summed E-state index contributed by atoms with van der Waals surface area (Å²) in [6, 6.07) is 9.95. The van der Waals surface area contributed by atoms with Crippen molar-refractivity contribution in [3.05, 3.63) is 83.2 Å². The lowest BCUT2D eigenvalue weighted by atomic mass is 9.72. The van der Waals surface area contributed by atoms with Gasteiger partial charge in [-0.3, -0.25) is 0 Å². The molecule has 2 aliphatic rings. The second-order valence-electron chi connectivity index (χ2n) is 9.92. The Kier molecular flexibility index (Phi) is 8.58. The zero-order valence-corrected chi connectivity index (χ0v) is 21.3. The van der Waals surface area contributed by atoms with Crippen LogP contribution in [-0.2, 0) is 5.54 Å². The molecule has 1 fully saturated rings. The Morgan fingerprint density at radius 3 is 2.39 bits per heavy atom. The zero-order valence-electron chi connectivity index (χ0n) is 20.5. The van der Waals surface area contributed by atoms with Gasteiger partial charge in [0.15, 0.2) is 11.7 Å². The van der Waals surface area contributed by atoms with E-state index >= 15 is 13.2 Å². The minimum atomic E-state index is -2.34. The SMILES string of the molecule is CCCCCC1CCC(C2=CC(F)C(N=C=S)(c3cc(F)cc(F)c3-c3ccccc3)C(F)=C2)CC1. The van der Waals surface area contributed by atoms with Crippen molar-refractivity contribution in [1.82, 2.24) is 0 Å². The fourth-order valence-electron chi connectivity index (χ4n) is 5.74. The number of benzene rings is 2. The maximum absolute atomic E-state index is 16.1. The summed E-state index contributed by atoms with van der Waals surface area (Å²) >= 11 is 4.76. The maximum atomic E-state index is 16.1. The van der Waals surface area contributed by atoms with Crippen molar-refractivity contribution in [2.24, 2.45) is 16.8 Å². The first-order valence-corrected chi connectivity index (χ1v) is 13.2. The largest absolute Gasteiger partial charge is 0.239 e. The number of halogens is 4. The van der Waals surface area contributed by atoms with Crippen molar-refractivity contribution in [2.75, 3.05) is 0 Å². The number of alkyl halides is 1. The highest BCUT2D eigenvalue weighted by atomic mass is 32.1. The third-order valence-electron chi connectivity index (χ3n) is 7.68. The molecule has 0 radical (unpaired) electrons. The second kappa shape index (κ2) is 11.7. The zero-order chi connectivity index (χ0) is 25.7. The molecule has 0 heterocycles. The number of thiocarbonyl (C=S) groups is 1. The lowest BCUT2D eigenvalue weighted by Crippen LogP contribution is -2.38. The number of hydrogen-bond donors (Lipinski definition) is 0. The van der Waals surface area contributed by atoms with Gasteiger partial charge in [0.2, 0.25) is 0 Å². The van der Waals surface area contributed by atoms with Crippen molar-refractivity contribution in [3.63, 3.8) is 0 Å². The molecule has 0 saturated heterocycles. The van der Waals surface area contributed by atoms with Gasteiger partial charge in [0.05, 0.1) is 5.16 Å². The van der Waals surface area contributed by atoms with Crippen LogP contribution < -0.4 is 0 Å². The molecule has 1 nitrogen and oxygen atoms in total. The Morgan fingerprint density at radius 1 is 1.03 bits per heavy atom. The molecule has 0 amide bonds. The summed E-state index contributed by atoms with van der Waals surface area (Å²) in [5.74, 6) is -2.08. The molecule has 1 saturated carbocycles. The summed E-state index contributed by atoms with van der Waals surface area (Å²) in [7, 11) is 0. The van der Waals surface area contributed by atoms with Crippen LogP contribution in [0.4, 0.5) is 17.6 Å². The molecule has 36 heavy (non-hydrogen) atoms. The van der Waals surface area contributed by atoms with Gasteiger partial charge in [-0.05, 0) is 79.1 Å². The van der Waals surface area contributed by atoms with Gasteiger partial charge >= 0.3 is 0 Å². The summed E-state index contributed by atoms with van der Waals surface area (Å²) in [6.07, 6.45) is 9.32. The summed E-state index contributed by atoms with van der Waals surface area (Å²) in [4.78, 5) is 3.92. The van der Waals surface area contributed by atoms with E-state index in [9.17, 15) is 4.39 Å². The van der Waals surface area contributed by atoms with Crippen LogP contribution in [0.1, 0.15) is 63.9 Å². The van der Waals surface area contributed by atoms with Crippen LogP contribution in [0.3, 0.4) is 0 Å². The van der Waals surface area contributed by atoms with Crippen LogP contribution in [-0.4, -0.2) is 11.3 Å². The molecular weight excluding hydrogens is 482 g/mol. The van der Waals surface area contributed by atoms with E-state index in [1.807, 2.05) is 0 Å². The molecule has 0 aromatic heterocycles. The first-order chi connectivity index (χ1) is 17.4. The van der Waals surface area contributed by atoms with E-state index in [-0.39, 0.29) is 17.0 Å². The van der Waals surface area contributed by atoms with E-state index in [0.717, 1.165) is 31.7 Å². The van der Waals surface area contributed by atoms with E-state index in [2.05, 4.69) is 17.1 Å². The Morgan fingerprint density at radius 2 is 1.75 bits per heavy atom. The lowest BCUT2D eigenvalue weighted by molar-refractivity contribution is 0.229. The molecular formula is C30H31F4NS. The first kappa shape index (κ1) is 26.5. The summed E-state index contributed by atoms with van der Waals surface area (Å²) < 4.78 is 61.7. The predicted octanol–water partition coefficient (Wildman–Crippen LogP) is 9.45. The number of aliphatic imine (C=N–C) groups is 1. The first-order valence-electron chi connectivity index (χ1n) is 12.8. The normalized spacial score (nSPS) is 26.1. The molecule has 2 aliphatic carbocycles. The van der Waals surface area contributed by atoms with Crippen molar-refractivity contribution >= 4 is 17.4 Å². The minimum absolute atomic E-state index is 0.0451. The van der Waals surface area contributed by atoms with E-state index in [4.69, 9.17) is 12.2 Å². The summed E-state index contributed by atoms with van der Waals surface area (Å²) in [5.41, 5.74) is -1.75. The van der Waals surface area contributed by atoms with Crippen LogP contribution in [0.5, 0.6) is 0 Å². The molecule has 2 aromatic rings. The van der Waals surface area contributed by atoms with Crippen molar-refractivity contribution in [3.8, 4) is 11.1 Å². The van der Waals surface area contributed by atoms with E-state index in [1.54, 1.807) is 30.3 Å². The highest BCUT2D eigenvalue weighted by molar-refractivity contribution is 7.78. The van der Waals surface area contributed by atoms with Gasteiger partial charge in [-0.15, -0.1) is 0 Å². The van der Waals surface area contributed by atoms with Crippen LogP contribution in [0.2, 0.25) is 0 Å². The van der Waals surface area contributed by atoms with Gasteiger partial charge in [-0.2, -0.15) is 0 Å². The Labute approximate surface area is 216 Å². The van der Waals surface area contributed by atoms with Crippen molar-refractivity contribution in [1.29, 1.82) is 0 Å². The molecule has 190 valence electrons. The molecule has 0 N–H and O–H groups in total. The van der Waals surface area contributed by atoms with Crippen LogP contribution in [0.15, 0.2) is 71.0 Å². The van der Waals surface area contributed by atoms with Gasteiger partial charge in [-0.25, -0.2) is 22.6 Å². The lowest BCUT2D eigenvalue weighted by Gasteiger charge is -2.37. The molecule has 2 atom stereocenters. The van der Waals surface area contributed by atoms with Gasteiger partial charge < -0.3 is 0 Å². The van der Waals surface area contributed by atoms with Crippen molar-refractivity contribution < 1.29 is 17.6 Å². The number of rotatable bonds is 8. The van der Waals surface area contributed by atoms with E-state index in [0.29, 0.717) is 23.1 Å². The minimum Gasteiger partial charge on any atom is -0.239 e. The van der Waals surface area contributed by atoms with Gasteiger partial charge in [0.1, 0.15) is 17.5 Å². The molecule has 0 spiro atoms. The second-order valence-corrected chi connectivity index (χ2v) is 10.1. The highest BCUT2D eigenvalue weighted by Gasteiger charge is 2.49. The van der Waals surface area contributed by atoms with Crippen molar-refractivity contribution in [2.45, 2.75) is 70.0 Å². The van der Waals surface area contributed by atoms with E-state index in [1.165, 1.54) is 37.8 Å². The average Bonchev–Trinajstić information content (AvgIpc) is 2.87. The van der Waals surface area contributed by atoms with Gasteiger partial charge in [-0.1, -0.05) is 62.9 Å². The maximum Gasteiger partial charge on any atom is 0.182 e. The molecule has 0 bridgehead atoms. The van der Waals surface area contributed by atoms with Crippen LogP contribution in [0, 0.1) is 23.5 Å². The van der Waals surface area contributed by atoms with Crippen LogP contribution >= 0.6 is 12.2 Å². The number of hydrogen-bond acceptors (Lipinski definition) is 2. The summed E-state index contributed by atoms with van der Waals surface area (Å²) in [6.45, 7) is 2.19. The monoisotopic (exact) mass is 513 g/mol. The van der Waals surface area contributed by atoms with Gasteiger partial charge in [0, 0.05) is 17.2 Å². The third kappa shape index (κ3) is 5.26. The fourth-order valence-corrected chi connectivity index (χ4v) is 5.89. The number of isothiocyanates is 1. The molecule has 6 heteroatoms. The standard InChI is InChI=1S/C30H31F4NS/c1-2-3-5-8-20-11-13-21(14-12-20)23-15-27(33)30(35-19-36,28(34)16-23)25-17-24(31)18-26(32)29(25)22-9-6-4-7-10-22/h4,6-7,9-10,15-18,20-21,27H,2-3,5,8,11-14H2,1H3. The molecule has 4 rings (SSSR count). The number of nitrogens with zero attached hydrogens (tertiary/aromatic N) is 1. The smallest absolute Gasteiger partial charge is 0.182 e. The molecule has 0 aliphatic heterocycles. The number of allylic oxidation sites excluding steroid dienone is 2. The quantitative estimate of drug-likeness (QED) is 0.148. The molecule has 2 aromatic carbocycles. The third-order valence-corrected chi connectivity index (χ3v) is 7.77.